The summed E-state index contributed by atoms with van der Waals surface area (Å²) in [5.41, 5.74) is 1.21. The van der Waals surface area contributed by atoms with Gasteiger partial charge in [0.1, 0.15) is 0 Å². The van der Waals surface area contributed by atoms with Crippen molar-refractivity contribution in [1.82, 2.24) is 0 Å². The Bertz CT molecular complexity index is 240. The number of aryl methyl sites for hydroxylation is 1. The van der Waals surface area contributed by atoms with Gasteiger partial charge in [0.15, 0.2) is 0 Å². The van der Waals surface area contributed by atoms with Crippen molar-refractivity contribution in [3.8, 4) is 0 Å². The van der Waals surface area contributed by atoms with Crippen molar-refractivity contribution >= 4 is 17.6 Å². The van der Waals surface area contributed by atoms with Crippen LogP contribution in [0.3, 0.4) is 0 Å². The zero-order chi connectivity index (χ0) is 9.56. The van der Waals surface area contributed by atoms with Crippen LogP contribution in [0.25, 0.3) is 0 Å². The standard InChI is InChI=1S/C7H7Cl.C2H4O2.H2O/c1-6-3-2-4-7(8)5-6;1-2(3)4;/h2-5H,1H3;1H3,(H,3,4);1H2. The summed E-state index contributed by atoms with van der Waals surface area (Å²) in [6.07, 6.45) is 0. The summed E-state index contributed by atoms with van der Waals surface area (Å²) in [5.74, 6) is -0.833. The lowest BCUT2D eigenvalue weighted by Crippen LogP contribution is -1.78. The van der Waals surface area contributed by atoms with Gasteiger partial charge in [0.25, 0.3) is 5.97 Å². The third-order valence-corrected chi connectivity index (χ3v) is 1.22. The summed E-state index contributed by atoms with van der Waals surface area (Å²) >= 11 is 5.64. The van der Waals surface area contributed by atoms with E-state index < -0.39 is 5.97 Å². The summed E-state index contributed by atoms with van der Waals surface area (Å²) in [6, 6.07) is 7.76. The lowest BCUT2D eigenvalue weighted by atomic mass is 10.2. The number of hydrogen-bond donors (Lipinski definition) is 1. The largest absolute Gasteiger partial charge is 0.481 e. The SMILES string of the molecule is CC(=O)O.Cc1cccc(Cl)c1.O. The molecule has 74 valence electrons. The Hall–Kier alpha value is -1.06. The fourth-order valence-corrected chi connectivity index (χ4v) is 0.850. The van der Waals surface area contributed by atoms with Gasteiger partial charge in [-0.05, 0) is 24.6 Å². The molecule has 0 aliphatic carbocycles. The van der Waals surface area contributed by atoms with Crippen molar-refractivity contribution in [2.75, 3.05) is 0 Å². The third-order valence-electron chi connectivity index (χ3n) is 0.980. The van der Waals surface area contributed by atoms with Gasteiger partial charge in [-0.15, -0.1) is 0 Å². The smallest absolute Gasteiger partial charge is 0.300 e. The average molecular weight is 205 g/mol. The molecule has 0 bridgehead atoms. The quantitative estimate of drug-likeness (QED) is 0.702. The van der Waals surface area contributed by atoms with Crippen molar-refractivity contribution in [2.45, 2.75) is 13.8 Å². The highest BCUT2D eigenvalue weighted by Crippen LogP contribution is 2.08. The van der Waals surface area contributed by atoms with Crippen LogP contribution in [0.4, 0.5) is 0 Å². The number of rotatable bonds is 0. The van der Waals surface area contributed by atoms with E-state index in [0.29, 0.717) is 0 Å². The van der Waals surface area contributed by atoms with Crippen LogP contribution in [-0.2, 0) is 4.79 Å². The molecule has 0 spiro atoms. The van der Waals surface area contributed by atoms with E-state index in [1.165, 1.54) is 5.56 Å². The first-order valence-electron chi connectivity index (χ1n) is 3.44. The van der Waals surface area contributed by atoms with E-state index in [4.69, 9.17) is 21.5 Å². The maximum Gasteiger partial charge on any atom is 0.300 e. The highest BCUT2D eigenvalue weighted by Gasteiger charge is 1.82. The van der Waals surface area contributed by atoms with E-state index in [0.717, 1.165) is 11.9 Å². The van der Waals surface area contributed by atoms with Gasteiger partial charge in [-0.3, -0.25) is 4.79 Å². The average Bonchev–Trinajstić information content (AvgIpc) is 1.84. The van der Waals surface area contributed by atoms with E-state index in [-0.39, 0.29) is 5.48 Å². The highest BCUT2D eigenvalue weighted by molar-refractivity contribution is 6.30. The molecule has 0 fully saturated rings. The maximum atomic E-state index is 9.00. The van der Waals surface area contributed by atoms with Gasteiger partial charge in [-0.2, -0.15) is 0 Å². The fourth-order valence-electron chi connectivity index (χ4n) is 0.606. The molecule has 1 aromatic carbocycles. The third kappa shape index (κ3) is 10.9. The molecule has 4 heteroatoms. The normalized spacial score (nSPS) is 7.62. The van der Waals surface area contributed by atoms with Crippen molar-refractivity contribution in [3.63, 3.8) is 0 Å². The minimum atomic E-state index is -0.833. The fraction of sp³-hybridized carbons (Fsp3) is 0.222. The van der Waals surface area contributed by atoms with E-state index in [9.17, 15) is 0 Å². The van der Waals surface area contributed by atoms with Crippen LogP contribution in [-0.4, -0.2) is 16.6 Å². The van der Waals surface area contributed by atoms with Crippen LogP contribution in [0, 0.1) is 6.92 Å². The number of halogens is 1. The van der Waals surface area contributed by atoms with Crippen molar-refractivity contribution in [3.05, 3.63) is 34.9 Å². The van der Waals surface area contributed by atoms with Crippen LogP contribution in [0.5, 0.6) is 0 Å². The molecular weight excluding hydrogens is 192 g/mol. The Morgan fingerprint density at radius 2 is 1.92 bits per heavy atom. The van der Waals surface area contributed by atoms with E-state index in [1.807, 2.05) is 31.2 Å². The predicted molar refractivity (Wildman–Crippen MR) is 53.1 cm³/mol. The second kappa shape index (κ2) is 7.58. The highest BCUT2D eigenvalue weighted by atomic mass is 35.5. The first-order valence-corrected chi connectivity index (χ1v) is 3.82. The van der Waals surface area contributed by atoms with Crippen LogP contribution in [0.1, 0.15) is 12.5 Å². The summed E-state index contributed by atoms with van der Waals surface area (Å²) < 4.78 is 0. The van der Waals surface area contributed by atoms with Crippen molar-refractivity contribution in [1.29, 1.82) is 0 Å². The lowest BCUT2D eigenvalue weighted by molar-refractivity contribution is -0.134. The van der Waals surface area contributed by atoms with Gasteiger partial charge in [-0.25, -0.2) is 0 Å². The minimum absolute atomic E-state index is 0. The molecule has 0 heterocycles. The summed E-state index contributed by atoms with van der Waals surface area (Å²) in [4.78, 5) is 9.00. The van der Waals surface area contributed by atoms with Crippen LogP contribution in [0.15, 0.2) is 24.3 Å². The number of hydrogen-bond acceptors (Lipinski definition) is 1. The van der Waals surface area contributed by atoms with Crippen LogP contribution in [0.2, 0.25) is 5.02 Å². The van der Waals surface area contributed by atoms with Gasteiger partial charge in [0.2, 0.25) is 0 Å². The minimum Gasteiger partial charge on any atom is -0.481 e. The Kier molecular flexibility index (Phi) is 8.44. The Balaban J connectivity index is 0. The molecule has 3 N–H and O–H groups in total. The number of carboxylic acids is 1. The molecule has 3 nitrogen and oxygen atoms in total. The Labute approximate surface area is 82.3 Å². The van der Waals surface area contributed by atoms with Crippen LogP contribution >= 0.6 is 11.6 Å². The zero-order valence-corrected chi connectivity index (χ0v) is 8.30. The molecular formula is C9H13ClO3. The molecule has 1 rings (SSSR count). The zero-order valence-electron chi connectivity index (χ0n) is 7.54. The molecule has 0 aromatic heterocycles. The molecule has 13 heavy (non-hydrogen) atoms. The second-order valence-electron chi connectivity index (χ2n) is 2.32. The monoisotopic (exact) mass is 204 g/mol. The number of carboxylic acid groups (broad SMARTS) is 1. The molecule has 1 aromatic rings. The van der Waals surface area contributed by atoms with Crippen LogP contribution < -0.4 is 0 Å². The first-order chi connectivity index (χ1) is 5.52. The number of benzene rings is 1. The summed E-state index contributed by atoms with van der Waals surface area (Å²) in [5, 5.41) is 8.23. The molecule has 0 aliphatic heterocycles. The first kappa shape index (κ1) is 14.5. The van der Waals surface area contributed by atoms with Gasteiger partial charge >= 0.3 is 0 Å². The Morgan fingerprint density at radius 1 is 1.46 bits per heavy atom. The van der Waals surface area contributed by atoms with Crippen molar-refractivity contribution < 1.29 is 15.4 Å². The number of carbonyl (C=O) groups is 1. The lowest BCUT2D eigenvalue weighted by Gasteiger charge is -1.88. The molecule has 0 amide bonds. The van der Waals surface area contributed by atoms with E-state index >= 15 is 0 Å². The Morgan fingerprint density at radius 3 is 2.15 bits per heavy atom. The van der Waals surface area contributed by atoms with Gasteiger partial charge in [0.05, 0.1) is 0 Å². The van der Waals surface area contributed by atoms with E-state index in [2.05, 4.69) is 0 Å². The molecule has 0 atom stereocenters. The van der Waals surface area contributed by atoms with E-state index in [1.54, 1.807) is 0 Å². The van der Waals surface area contributed by atoms with Crippen molar-refractivity contribution in [2.24, 2.45) is 0 Å². The predicted octanol–water partition coefficient (Wildman–Crippen LogP) is 1.91. The van der Waals surface area contributed by atoms with Gasteiger partial charge < -0.3 is 10.6 Å². The molecule has 0 radical (unpaired) electrons. The summed E-state index contributed by atoms with van der Waals surface area (Å²) in [7, 11) is 0. The van der Waals surface area contributed by atoms with Gasteiger partial charge in [-0.1, -0.05) is 23.7 Å². The molecule has 0 unspecified atom stereocenters. The topological polar surface area (TPSA) is 68.8 Å². The molecule has 0 saturated carbocycles. The number of aliphatic carboxylic acids is 1. The molecule has 0 aliphatic rings. The summed E-state index contributed by atoms with van der Waals surface area (Å²) in [6.45, 7) is 3.10. The second-order valence-corrected chi connectivity index (χ2v) is 2.75. The maximum absolute atomic E-state index is 9.00. The van der Waals surface area contributed by atoms with Gasteiger partial charge in [0, 0.05) is 11.9 Å². The molecule has 0 saturated heterocycles.